The van der Waals surface area contributed by atoms with E-state index >= 15 is 0 Å². The van der Waals surface area contributed by atoms with Gasteiger partial charge in [0.2, 0.25) is 10.0 Å². The highest BCUT2D eigenvalue weighted by Gasteiger charge is 2.24. The van der Waals surface area contributed by atoms with Crippen molar-refractivity contribution in [3.05, 3.63) is 54.1 Å². The van der Waals surface area contributed by atoms with Crippen LogP contribution in [0.1, 0.15) is 25.5 Å². The van der Waals surface area contributed by atoms with E-state index in [1.807, 2.05) is 38.1 Å². The molecule has 0 saturated heterocycles. The fraction of sp³-hybridized carbons (Fsp3) is 0.400. The van der Waals surface area contributed by atoms with Gasteiger partial charge in [0, 0.05) is 13.2 Å². The van der Waals surface area contributed by atoms with Crippen molar-refractivity contribution < 1.29 is 22.6 Å². The van der Waals surface area contributed by atoms with Gasteiger partial charge in [-0.3, -0.25) is 0 Å². The first kappa shape index (κ1) is 21.2. The molecule has 0 aromatic heterocycles. The maximum absolute atomic E-state index is 12.8. The van der Waals surface area contributed by atoms with Crippen molar-refractivity contribution >= 4 is 10.0 Å². The SMILES string of the molecule is COCCOc1ccc(S(=O)(=O)NC(c2ccc(OC)cc2)C(C)C)cc1. The molecule has 0 aliphatic rings. The Hall–Kier alpha value is -2.09. The first-order chi connectivity index (χ1) is 12.9. The fourth-order valence-electron chi connectivity index (χ4n) is 2.59. The number of sulfonamides is 1. The molecule has 2 aromatic rings. The Morgan fingerprint density at radius 2 is 1.48 bits per heavy atom. The lowest BCUT2D eigenvalue weighted by Crippen LogP contribution is -2.31. The van der Waals surface area contributed by atoms with Crippen LogP contribution in [0, 0.1) is 5.92 Å². The lowest BCUT2D eigenvalue weighted by atomic mass is 9.97. The number of rotatable bonds is 10. The molecule has 0 bridgehead atoms. The van der Waals surface area contributed by atoms with E-state index in [-0.39, 0.29) is 16.9 Å². The smallest absolute Gasteiger partial charge is 0.241 e. The van der Waals surface area contributed by atoms with Crippen molar-refractivity contribution in [1.29, 1.82) is 0 Å². The van der Waals surface area contributed by atoms with E-state index in [0.717, 1.165) is 11.3 Å². The van der Waals surface area contributed by atoms with Gasteiger partial charge in [-0.05, 0) is 47.9 Å². The largest absolute Gasteiger partial charge is 0.497 e. The molecular weight excluding hydrogens is 366 g/mol. The minimum atomic E-state index is -3.67. The molecule has 0 saturated carbocycles. The summed E-state index contributed by atoms with van der Waals surface area (Å²) >= 11 is 0. The Bertz CT molecular complexity index is 801. The van der Waals surface area contributed by atoms with E-state index in [4.69, 9.17) is 14.2 Å². The van der Waals surface area contributed by atoms with E-state index in [9.17, 15) is 8.42 Å². The minimum Gasteiger partial charge on any atom is -0.497 e. The molecule has 2 aromatic carbocycles. The summed E-state index contributed by atoms with van der Waals surface area (Å²) in [6.07, 6.45) is 0. The van der Waals surface area contributed by atoms with E-state index < -0.39 is 10.0 Å². The molecular formula is C20H27NO5S. The van der Waals surface area contributed by atoms with E-state index in [2.05, 4.69) is 4.72 Å². The van der Waals surface area contributed by atoms with Crippen molar-refractivity contribution in [2.45, 2.75) is 24.8 Å². The molecule has 0 aliphatic heterocycles. The molecule has 0 spiro atoms. The first-order valence-electron chi connectivity index (χ1n) is 8.75. The van der Waals surface area contributed by atoms with Crippen LogP contribution in [0.2, 0.25) is 0 Å². The molecule has 2 rings (SSSR count). The van der Waals surface area contributed by atoms with Gasteiger partial charge in [0.25, 0.3) is 0 Å². The van der Waals surface area contributed by atoms with Gasteiger partial charge in [0.1, 0.15) is 18.1 Å². The predicted molar refractivity (Wildman–Crippen MR) is 105 cm³/mol. The van der Waals surface area contributed by atoms with Gasteiger partial charge in [-0.15, -0.1) is 0 Å². The van der Waals surface area contributed by atoms with Crippen LogP contribution in [0.3, 0.4) is 0 Å². The zero-order valence-corrected chi connectivity index (χ0v) is 17.0. The summed E-state index contributed by atoms with van der Waals surface area (Å²) in [7, 11) is -0.478. The van der Waals surface area contributed by atoms with Crippen LogP contribution >= 0.6 is 0 Å². The molecule has 1 unspecified atom stereocenters. The van der Waals surface area contributed by atoms with Gasteiger partial charge < -0.3 is 14.2 Å². The summed E-state index contributed by atoms with van der Waals surface area (Å²) in [6, 6.07) is 13.4. The van der Waals surface area contributed by atoms with Gasteiger partial charge in [-0.1, -0.05) is 26.0 Å². The number of hydrogen-bond donors (Lipinski definition) is 1. The Balaban J connectivity index is 2.15. The summed E-state index contributed by atoms with van der Waals surface area (Å²) < 4.78 is 44.0. The van der Waals surface area contributed by atoms with Crippen LogP contribution < -0.4 is 14.2 Å². The highest BCUT2D eigenvalue weighted by Crippen LogP contribution is 2.26. The Morgan fingerprint density at radius 3 is 2.00 bits per heavy atom. The first-order valence-corrected chi connectivity index (χ1v) is 10.2. The van der Waals surface area contributed by atoms with E-state index in [1.165, 1.54) is 12.1 Å². The maximum atomic E-state index is 12.8. The molecule has 0 aliphatic carbocycles. The van der Waals surface area contributed by atoms with Crippen molar-refractivity contribution in [2.75, 3.05) is 27.4 Å². The molecule has 7 heteroatoms. The number of nitrogens with one attached hydrogen (secondary N) is 1. The lowest BCUT2D eigenvalue weighted by molar-refractivity contribution is 0.146. The van der Waals surface area contributed by atoms with E-state index in [1.54, 1.807) is 26.4 Å². The highest BCUT2D eigenvalue weighted by atomic mass is 32.2. The zero-order chi connectivity index (χ0) is 19.9. The molecule has 6 nitrogen and oxygen atoms in total. The second-order valence-electron chi connectivity index (χ2n) is 6.43. The molecule has 0 fully saturated rings. The zero-order valence-electron chi connectivity index (χ0n) is 16.1. The van der Waals surface area contributed by atoms with Gasteiger partial charge in [0.05, 0.1) is 18.6 Å². The number of hydrogen-bond acceptors (Lipinski definition) is 5. The van der Waals surface area contributed by atoms with Crippen molar-refractivity contribution in [3.8, 4) is 11.5 Å². The van der Waals surface area contributed by atoms with Crippen molar-refractivity contribution in [2.24, 2.45) is 5.92 Å². The average molecular weight is 394 g/mol. The van der Waals surface area contributed by atoms with Crippen LogP contribution in [0.25, 0.3) is 0 Å². The Kier molecular flexibility index (Phi) is 7.65. The predicted octanol–water partition coefficient (Wildman–Crippen LogP) is 3.40. The van der Waals surface area contributed by atoms with Crippen molar-refractivity contribution in [1.82, 2.24) is 4.72 Å². The number of benzene rings is 2. The summed E-state index contributed by atoms with van der Waals surface area (Å²) in [5.41, 5.74) is 0.883. The molecule has 27 heavy (non-hydrogen) atoms. The Labute approximate surface area is 161 Å². The summed E-state index contributed by atoms with van der Waals surface area (Å²) in [5.74, 6) is 1.40. The van der Waals surface area contributed by atoms with Crippen LogP contribution in [0.4, 0.5) is 0 Å². The topological polar surface area (TPSA) is 73.9 Å². The molecule has 0 radical (unpaired) electrons. The normalized spacial score (nSPS) is 12.8. The van der Waals surface area contributed by atoms with Gasteiger partial charge >= 0.3 is 0 Å². The molecule has 0 amide bonds. The number of methoxy groups -OCH3 is 2. The van der Waals surface area contributed by atoms with Gasteiger partial charge in [0.15, 0.2) is 0 Å². The molecule has 1 N–H and O–H groups in total. The molecule has 0 heterocycles. The number of ether oxygens (including phenoxy) is 3. The van der Waals surface area contributed by atoms with Crippen LogP contribution in [0.5, 0.6) is 11.5 Å². The second-order valence-corrected chi connectivity index (χ2v) is 8.14. The monoisotopic (exact) mass is 393 g/mol. The Morgan fingerprint density at radius 1 is 0.889 bits per heavy atom. The quantitative estimate of drug-likeness (QED) is 0.626. The van der Waals surface area contributed by atoms with Crippen LogP contribution in [-0.4, -0.2) is 35.9 Å². The third-order valence-corrected chi connectivity index (χ3v) is 5.57. The average Bonchev–Trinajstić information content (AvgIpc) is 2.67. The maximum Gasteiger partial charge on any atom is 0.241 e. The third kappa shape index (κ3) is 5.95. The highest BCUT2D eigenvalue weighted by molar-refractivity contribution is 7.89. The lowest BCUT2D eigenvalue weighted by Gasteiger charge is -2.23. The minimum absolute atomic E-state index is 0.0739. The molecule has 1 atom stereocenters. The van der Waals surface area contributed by atoms with Crippen molar-refractivity contribution in [3.63, 3.8) is 0 Å². The summed E-state index contributed by atoms with van der Waals surface area (Å²) in [6.45, 7) is 4.83. The fourth-order valence-corrected chi connectivity index (χ4v) is 3.97. The third-order valence-electron chi connectivity index (χ3n) is 4.11. The van der Waals surface area contributed by atoms with Crippen LogP contribution in [-0.2, 0) is 14.8 Å². The van der Waals surface area contributed by atoms with E-state index in [0.29, 0.717) is 19.0 Å². The van der Waals surface area contributed by atoms with Gasteiger partial charge in [-0.2, -0.15) is 0 Å². The second kappa shape index (κ2) is 9.73. The van der Waals surface area contributed by atoms with Crippen LogP contribution in [0.15, 0.2) is 53.4 Å². The standard InChI is InChI=1S/C20H27NO5S/c1-15(2)20(16-5-7-17(25-4)8-6-16)21-27(22,23)19-11-9-18(10-12-19)26-14-13-24-3/h5-12,15,20-21H,13-14H2,1-4H3. The van der Waals surface area contributed by atoms with Gasteiger partial charge in [-0.25, -0.2) is 13.1 Å². The summed E-state index contributed by atoms with van der Waals surface area (Å²) in [4.78, 5) is 0.195. The molecule has 148 valence electrons. The summed E-state index contributed by atoms with van der Waals surface area (Å²) in [5, 5.41) is 0.